The zero-order valence-corrected chi connectivity index (χ0v) is 18.4. The van der Waals surface area contributed by atoms with Gasteiger partial charge in [0.2, 0.25) is 0 Å². The largest absolute Gasteiger partial charge is 0.356 e. The minimum atomic E-state index is 0. The molecule has 1 aliphatic rings. The van der Waals surface area contributed by atoms with Gasteiger partial charge in [0.25, 0.3) is 0 Å². The fourth-order valence-electron chi connectivity index (χ4n) is 3.98. The van der Waals surface area contributed by atoms with E-state index in [1.54, 1.807) is 0 Å². The topological polar surface area (TPSA) is 57.8 Å². The third kappa shape index (κ3) is 4.86. The third-order valence-corrected chi connectivity index (χ3v) is 5.16. The van der Waals surface area contributed by atoms with Crippen molar-refractivity contribution in [2.45, 2.75) is 46.0 Å². The van der Waals surface area contributed by atoms with E-state index in [1.165, 1.54) is 25.7 Å². The highest BCUT2D eigenvalue weighted by Gasteiger charge is 2.31. The molecule has 1 unspecified atom stereocenters. The molecule has 3 rings (SSSR count). The Labute approximate surface area is 173 Å². The molecule has 1 atom stereocenters. The first-order valence-electron chi connectivity index (χ1n) is 9.39. The van der Waals surface area contributed by atoms with Gasteiger partial charge in [-0.15, -0.1) is 34.2 Å². The highest BCUT2D eigenvalue weighted by molar-refractivity contribution is 14.0. The summed E-state index contributed by atoms with van der Waals surface area (Å²) < 4.78 is 2.05. The van der Waals surface area contributed by atoms with Gasteiger partial charge >= 0.3 is 0 Å². The molecule has 144 valence electrons. The van der Waals surface area contributed by atoms with Crippen molar-refractivity contribution in [3.63, 3.8) is 0 Å². The first-order valence-corrected chi connectivity index (χ1v) is 9.39. The van der Waals surface area contributed by atoms with Gasteiger partial charge in [-0.3, -0.25) is 9.39 Å². The molecule has 0 aromatic carbocycles. The van der Waals surface area contributed by atoms with Gasteiger partial charge in [0.1, 0.15) is 5.82 Å². The van der Waals surface area contributed by atoms with Crippen molar-refractivity contribution >= 4 is 35.6 Å². The minimum Gasteiger partial charge on any atom is -0.356 e. The lowest BCUT2D eigenvalue weighted by Gasteiger charge is -2.42. The maximum absolute atomic E-state index is 4.51. The van der Waals surface area contributed by atoms with Gasteiger partial charge in [-0.25, -0.2) is 0 Å². The maximum Gasteiger partial charge on any atom is 0.193 e. The molecule has 1 N–H and O–H groups in total. The van der Waals surface area contributed by atoms with Crippen molar-refractivity contribution in [2.24, 2.45) is 10.4 Å². The van der Waals surface area contributed by atoms with Crippen LogP contribution < -0.4 is 5.32 Å². The summed E-state index contributed by atoms with van der Waals surface area (Å²) in [6.07, 6.45) is 7.93. The van der Waals surface area contributed by atoms with Crippen molar-refractivity contribution < 1.29 is 0 Å². The van der Waals surface area contributed by atoms with E-state index in [0.717, 1.165) is 43.5 Å². The number of pyridine rings is 1. The fourth-order valence-corrected chi connectivity index (χ4v) is 3.98. The minimum absolute atomic E-state index is 0. The lowest BCUT2D eigenvalue weighted by molar-refractivity contribution is 0.142. The number of fused-ring (bicyclic) bond motifs is 1. The zero-order chi connectivity index (χ0) is 17.7. The van der Waals surface area contributed by atoms with E-state index < -0.39 is 0 Å². The van der Waals surface area contributed by atoms with E-state index in [2.05, 4.69) is 39.3 Å². The highest BCUT2D eigenvalue weighted by atomic mass is 127. The van der Waals surface area contributed by atoms with Gasteiger partial charge in [-0.05, 0) is 36.8 Å². The van der Waals surface area contributed by atoms with Gasteiger partial charge < -0.3 is 10.2 Å². The number of rotatable bonds is 5. The molecule has 0 spiro atoms. The Kier molecular flexibility index (Phi) is 7.67. The van der Waals surface area contributed by atoms with Gasteiger partial charge in [0.15, 0.2) is 11.6 Å². The number of likely N-dealkylation sites (tertiary alicyclic amines) is 1. The quantitative estimate of drug-likeness (QED) is 0.414. The summed E-state index contributed by atoms with van der Waals surface area (Å²) in [6, 6.07) is 5.97. The molecule has 0 bridgehead atoms. The maximum atomic E-state index is 4.51. The summed E-state index contributed by atoms with van der Waals surface area (Å²) >= 11 is 0. The standard InChI is InChI=1S/C19H30N6.HI/c1-4-10-19(2)11-7-13-24(15-19)18(20-3)21-12-9-17-23-22-16-8-5-6-14-25(16)17;/h5-6,8,14H,4,7,9-13,15H2,1-3H3,(H,20,21);1H. The van der Waals surface area contributed by atoms with Crippen LogP contribution in [0.2, 0.25) is 0 Å². The van der Waals surface area contributed by atoms with Crippen molar-refractivity contribution in [3.8, 4) is 0 Å². The predicted octanol–water partition coefficient (Wildman–Crippen LogP) is 3.37. The summed E-state index contributed by atoms with van der Waals surface area (Å²) in [5, 5.41) is 12.0. The molecule has 3 heterocycles. The molecule has 1 saturated heterocycles. The Morgan fingerprint density at radius 1 is 1.35 bits per heavy atom. The lowest BCUT2D eigenvalue weighted by atomic mass is 9.78. The normalized spacial score (nSPS) is 20.9. The third-order valence-electron chi connectivity index (χ3n) is 5.16. The van der Waals surface area contributed by atoms with Gasteiger partial charge in [0, 0.05) is 39.3 Å². The molecule has 0 radical (unpaired) electrons. The highest BCUT2D eigenvalue weighted by Crippen LogP contribution is 2.33. The first kappa shape index (κ1) is 20.9. The Bertz CT molecular complexity index is 724. The Balaban J connectivity index is 0.00000243. The number of aliphatic imine (C=N–C) groups is 1. The van der Waals surface area contributed by atoms with Crippen LogP contribution in [-0.4, -0.2) is 52.1 Å². The number of aromatic nitrogens is 3. The fraction of sp³-hybridized carbons (Fsp3) is 0.632. The average Bonchev–Trinajstić information content (AvgIpc) is 3.02. The van der Waals surface area contributed by atoms with E-state index >= 15 is 0 Å². The van der Waals surface area contributed by atoms with Crippen LogP contribution in [0, 0.1) is 5.41 Å². The van der Waals surface area contributed by atoms with E-state index in [4.69, 9.17) is 0 Å². The average molecular weight is 470 g/mol. The molecule has 1 aliphatic heterocycles. The van der Waals surface area contributed by atoms with E-state index in [1.807, 2.05) is 35.8 Å². The van der Waals surface area contributed by atoms with Crippen LogP contribution in [0.1, 0.15) is 45.4 Å². The lowest BCUT2D eigenvalue weighted by Crippen LogP contribution is -2.50. The summed E-state index contributed by atoms with van der Waals surface area (Å²) in [6.45, 7) is 7.68. The van der Waals surface area contributed by atoms with Crippen LogP contribution in [0.3, 0.4) is 0 Å². The second-order valence-electron chi connectivity index (χ2n) is 7.35. The zero-order valence-electron chi connectivity index (χ0n) is 16.1. The number of nitrogens with one attached hydrogen (secondary N) is 1. The molecule has 2 aromatic heterocycles. The van der Waals surface area contributed by atoms with Gasteiger partial charge in [0.05, 0.1) is 0 Å². The molecule has 0 amide bonds. The molecule has 7 heteroatoms. The number of piperidine rings is 1. The van der Waals surface area contributed by atoms with E-state index in [0.29, 0.717) is 5.41 Å². The molecule has 26 heavy (non-hydrogen) atoms. The summed E-state index contributed by atoms with van der Waals surface area (Å²) in [7, 11) is 1.88. The smallest absolute Gasteiger partial charge is 0.193 e. The monoisotopic (exact) mass is 470 g/mol. The molecular weight excluding hydrogens is 439 g/mol. The van der Waals surface area contributed by atoms with E-state index in [-0.39, 0.29) is 24.0 Å². The molecule has 1 fully saturated rings. The molecule has 2 aromatic rings. The van der Waals surface area contributed by atoms with Crippen molar-refractivity contribution in [2.75, 3.05) is 26.7 Å². The number of guanidine groups is 1. The van der Waals surface area contributed by atoms with E-state index in [9.17, 15) is 0 Å². The van der Waals surface area contributed by atoms with Crippen molar-refractivity contribution in [1.82, 2.24) is 24.8 Å². The van der Waals surface area contributed by atoms with Gasteiger partial charge in [-0.1, -0.05) is 26.3 Å². The van der Waals surface area contributed by atoms with Crippen molar-refractivity contribution in [3.05, 3.63) is 30.2 Å². The number of nitrogens with zero attached hydrogens (tertiary/aromatic N) is 5. The van der Waals surface area contributed by atoms with Crippen LogP contribution in [0.4, 0.5) is 0 Å². The first-order chi connectivity index (χ1) is 12.1. The number of hydrogen-bond donors (Lipinski definition) is 1. The number of halogens is 1. The second-order valence-corrected chi connectivity index (χ2v) is 7.35. The molecule has 0 aliphatic carbocycles. The van der Waals surface area contributed by atoms with Crippen LogP contribution in [0.5, 0.6) is 0 Å². The molecular formula is C19H31IN6. The van der Waals surface area contributed by atoms with Crippen LogP contribution in [0.25, 0.3) is 5.65 Å². The van der Waals surface area contributed by atoms with Crippen molar-refractivity contribution in [1.29, 1.82) is 0 Å². The summed E-state index contributed by atoms with van der Waals surface area (Å²) in [5.74, 6) is 1.99. The van der Waals surface area contributed by atoms with Gasteiger partial charge in [-0.2, -0.15) is 0 Å². The molecule has 6 nitrogen and oxygen atoms in total. The summed E-state index contributed by atoms with van der Waals surface area (Å²) in [5.41, 5.74) is 1.31. The number of hydrogen-bond acceptors (Lipinski definition) is 3. The van der Waals surface area contributed by atoms with Crippen LogP contribution >= 0.6 is 24.0 Å². The second kappa shape index (κ2) is 9.53. The Hall–Kier alpha value is -1.38. The predicted molar refractivity (Wildman–Crippen MR) is 117 cm³/mol. The SMILES string of the molecule is CCCC1(C)CCCN(C(=NC)NCCc2nnc3ccccn23)C1.I. The Morgan fingerprint density at radius 2 is 2.19 bits per heavy atom. The molecule has 0 saturated carbocycles. The van der Waals surface area contributed by atoms with Crippen LogP contribution in [-0.2, 0) is 6.42 Å². The van der Waals surface area contributed by atoms with Crippen LogP contribution in [0.15, 0.2) is 29.4 Å². The Morgan fingerprint density at radius 3 is 2.96 bits per heavy atom. The summed E-state index contributed by atoms with van der Waals surface area (Å²) in [4.78, 5) is 6.92.